The average Bonchev–Trinajstić information content (AvgIpc) is 2.44. The third-order valence-electron chi connectivity index (χ3n) is 3.81. The second kappa shape index (κ2) is 18.0. The number of hydrogen-bond donors (Lipinski definition) is 3. The van der Waals surface area contributed by atoms with Gasteiger partial charge in [0.2, 0.25) is 6.29 Å². The second-order valence-electron chi connectivity index (χ2n) is 6.19. The minimum Gasteiger partial charge on any atom is -1.00 e. The van der Waals surface area contributed by atoms with Gasteiger partial charge < -0.3 is 32.3 Å². The number of aliphatic hydroxyl groups is 2. The molecule has 0 aliphatic rings. The summed E-state index contributed by atoms with van der Waals surface area (Å²) in [6.45, 7) is 3.42. The minimum absolute atomic E-state index is 0. The van der Waals surface area contributed by atoms with Crippen LogP contribution in [-0.2, 0) is 9.53 Å². The van der Waals surface area contributed by atoms with Gasteiger partial charge in [-0.1, -0.05) is 58.3 Å². The number of nitrogens with one attached hydrogen (secondary N) is 1. The van der Waals surface area contributed by atoms with Crippen LogP contribution >= 0.6 is 0 Å². The predicted molar refractivity (Wildman–Crippen MR) is 87.6 cm³/mol. The zero-order valence-electron chi connectivity index (χ0n) is 14.9. The molecule has 3 N–H and O–H groups in total. The summed E-state index contributed by atoms with van der Waals surface area (Å²) in [7, 11) is 1.84. The first-order chi connectivity index (χ1) is 10.6. The molecule has 140 valence electrons. The molecule has 0 saturated carbocycles. The van der Waals surface area contributed by atoms with E-state index in [4.69, 9.17) is 14.9 Å². The van der Waals surface area contributed by atoms with Crippen LogP contribution < -0.4 is 17.3 Å². The fraction of sp³-hybridized carbons (Fsp3) is 0.941. The van der Waals surface area contributed by atoms with Gasteiger partial charge in [-0.3, -0.25) is 4.79 Å². The molecular formula is C17H36ClNO4. The van der Waals surface area contributed by atoms with E-state index in [1.54, 1.807) is 0 Å². The van der Waals surface area contributed by atoms with Gasteiger partial charge in [0.1, 0.15) is 19.7 Å². The Morgan fingerprint density at radius 1 is 1.00 bits per heavy atom. The lowest BCUT2D eigenvalue weighted by molar-refractivity contribution is -0.886. The first kappa shape index (κ1) is 24.9. The number of unbranched alkanes of at least 4 members (excludes halogenated alkanes) is 8. The lowest BCUT2D eigenvalue weighted by Crippen LogP contribution is -3.10. The lowest BCUT2D eigenvalue weighted by Gasteiger charge is -2.14. The zero-order valence-corrected chi connectivity index (χ0v) is 15.6. The first-order valence-corrected chi connectivity index (χ1v) is 8.89. The van der Waals surface area contributed by atoms with Crippen LogP contribution in [0.1, 0.15) is 71.1 Å². The van der Waals surface area contributed by atoms with Gasteiger partial charge in [-0.15, -0.1) is 0 Å². The van der Waals surface area contributed by atoms with Gasteiger partial charge in [-0.05, 0) is 6.42 Å². The molecule has 6 heteroatoms. The van der Waals surface area contributed by atoms with E-state index >= 15 is 0 Å². The van der Waals surface area contributed by atoms with Gasteiger partial charge in [0.25, 0.3) is 0 Å². The number of halogens is 1. The summed E-state index contributed by atoms with van der Waals surface area (Å²) in [6.07, 6.45) is 10.3. The van der Waals surface area contributed by atoms with Crippen LogP contribution in [0.5, 0.6) is 0 Å². The van der Waals surface area contributed by atoms with Gasteiger partial charge in [-0.2, -0.15) is 0 Å². The molecule has 0 aromatic rings. The molecule has 5 nitrogen and oxygen atoms in total. The Labute approximate surface area is 147 Å². The Kier molecular flexibility index (Phi) is 19.5. The van der Waals surface area contributed by atoms with Gasteiger partial charge >= 0.3 is 5.97 Å². The fourth-order valence-electron chi connectivity index (χ4n) is 2.40. The van der Waals surface area contributed by atoms with Crippen molar-refractivity contribution >= 4 is 5.97 Å². The summed E-state index contributed by atoms with van der Waals surface area (Å²) >= 11 is 0. The Balaban J connectivity index is 0. The Bertz CT molecular complexity index is 265. The van der Waals surface area contributed by atoms with Crippen LogP contribution in [0.25, 0.3) is 0 Å². The maximum atomic E-state index is 11.5. The topological polar surface area (TPSA) is 71.2 Å². The zero-order chi connectivity index (χ0) is 16.6. The number of esters is 1. The number of carbonyl (C=O) groups is 1. The van der Waals surface area contributed by atoms with E-state index in [0.717, 1.165) is 17.7 Å². The Hall–Kier alpha value is -0.360. The highest BCUT2D eigenvalue weighted by atomic mass is 35.5. The molecule has 23 heavy (non-hydrogen) atoms. The van der Waals surface area contributed by atoms with E-state index in [-0.39, 0.29) is 24.9 Å². The summed E-state index contributed by atoms with van der Waals surface area (Å²) in [6, 6.07) is 0. The van der Waals surface area contributed by atoms with E-state index < -0.39 is 6.29 Å². The molecule has 1 unspecified atom stereocenters. The van der Waals surface area contributed by atoms with Crippen LogP contribution in [0, 0.1) is 0 Å². The number of likely N-dealkylation sites (N-methyl/N-ethyl adjacent to an activating group) is 1. The number of ether oxygens (including phenoxy) is 1. The van der Waals surface area contributed by atoms with E-state index in [9.17, 15) is 4.79 Å². The van der Waals surface area contributed by atoms with Gasteiger partial charge in [0.15, 0.2) is 0 Å². The molecule has 0 bridgehead atoms. The average molecular weight is 354 g/mol. The summed E-state index contributed by atoms with van der Waals surface area (Å²) in [5.74, 6) is -0.139. The number of quaternary nitrogens is 1. The largest absolute Gasteiger partial charge is 1.00 e. The second-order valence-corrected chi connectivity index (χ2v) is 6.19. The summed E-state index contributed by atoms with van der Waals surface area (Å²) in [5.41, 5.74) is 0. The molecule has 0 aliphatic heterocycles. The highest BCUT2D eigenvalue weighted by molar-refractivity contribution is 5.69. The number of hydrogen-bond acceptors (Lipinski definition) is 4. The maximum absolute atomic E-state index is 11.5. The summed E-state index contributed by atoms with van der Waals surface area (Å²) in [5, 5.41) is 17.6. The highest BCUT2D eigenvalue weighted by Crippen LogP contribution is 2.10. The number of carbonyl (C=O) groups excluding carboxylic acids is 1. The van der Waals surface area contributed by atoms with Crippen molar-refractivity contribution in [1.29, 1.82) is 0 Å². The number of rotatable bonds is 15. The van der Waals surface area contributed by atoms with Crippen molar-refractivity contribution in [3.8, 4) is 0 Å². The standard InChI is InChI=1S/C17H35NO4.ClH/c1-3-4-5-6-7-8-9-10-11-12-17(21)22-14-13-18(2)15-16(19)20;/h16,19-20H,3-15H2,1-2H3;1H. The molecule has 0 saturated heterocycles. The number of aliphatic hydroxyl groups excluding tert-OH is 1. The molecule has 0 rings (SSSR count). The molecule has 0 aliphatic carbocycles. The van der Waals surface area contributed by atoms with Crippen molar-refractivity contribution in [2.75, 3.05) is 26.7 Å². The van der Waals surface area contributed by atoms with Crippen molar-refractivity contribution in [2.24, 2.45) is 0 Å². The third kappa shape index (κ3) is 19.6. The monoisotopic (exact) mass is 353 g/mol. The van der Waals surface area contributed by atoms with E-state index in [1.165, 1.54) is 44.9 Å². The van der Waals surface area contributed by atoms with Gasteiger partial charge in [0, 0.05) is 6.42 Å². The molecule has 0 fully saturated rings. The van der Waals surface area contributed by atoms with Crippen LogP contribution in [0.3, 0.4) is 0 Å². The Morgan fingerprint density at radius 2 is 1.52 bits per heavy atom. The lowest BCUT2D eigenvalue weighted by atomic mass is 10.1. The molecule has 1 atom stereocenters. The smallest absolute Gasteiger partial charge is 0.305 e. The van der Waals surface area contributed by atoms with Crippen molar-refractivity contribution < 1.29 is 37.1 Å². The van der Waals surface area contributed by atoms with Crippen molar-refractivity contribution in [3.63, 3.8) is 0 Å². The first-order valence-electron chi connectivity index (χ1n) is 8.89. The quantitative estimate of drug-likeness (QED) is 0.186. The molecule has 0 aromatic heterocycles. The maximum Gasteiger partial charge on any atom is 0.305 e. The predicted octanol–water partition coefficient (Wildman–Crippen LogP) is -1.72. The van der Waals surface area contributed by atoms with Crippen LogP contribution in [0.2, 0.25) is 0 Å². The van der Waals surface area contributed by atoms with Crippen molar-refractivity contribution in [3.05, 3.63) is 0 Å². The van der Waals surface area contributed by atoms with Crippen LogP contribution in [0.4, 0.5) is 0 Å². The molecule has 0 aromatic carbocycles. The van der Waals surface area contributed by atoms with Crippen LogP contribution in [0.15, 0.2) is 0 Å². The van der Waals surface area contributed by atoms with E-state index in [0.29, 0.717) is 19.6 Å². The SMILES string of the molecule is CCCCCCCCCCCC(=O)OCC[NH+](C)CC(O)O.[Cl-]. The van der Waals surface area contributed by atoms with Gasteiger partial charge in [0.05, 0.1) is 7.05 Å². The molecule has 0 spiro atoms. The summed E-state index contributed by atoms with van der Waals surface area (Å²) in [4.78, 5) is 12.5. The molecule has 0 heterocycles. The van der Waals surface area contributed by atoms with Crippen molar-refractivity contribution in [2.45, 2.75) is 77.4 Å². The highest BCUT2D eigenvalue weighted by Gasteiger charge is 2.09. The van der Waals surface area contributed by atoms with Gasteiger partial charge in [-0.25, -0.2) is 0 Å². The molecule has 0 amide bonds. The molecule has 0 radical (unpaired) electrons. The van der Waals surface area contributed by atoms with E-state index in [1.807, 2.05) is 7.05 Å². The third-order valence-corrected chi connectivity index (χ3v) is 3.81. The fourth-order valence-corrected chi connectivity index (χ4v) is 2.40. The normalized spacial score (nSPS) is 12.0. The van der Waals surface area contributed by atoms with Crippen LogP contribution in [-0.4, -0.2) is 49.2 Å². The van der Waals surface area contributed by atoms with E-state index in [2.05, 4.69) is 6.92 Å². The van der Waals surface area contributed by atoms with Crippen molar-refractivity contribution in [1.82, 2.24) is 0 Å². The Morgan fingerprint density at radius 3 is 2.04 bits per heavy atom. The minimum atomic E-state index is -1.31. The summed E-state index contributed by atoms with van der Waals surface area (Å²) < 4.78 is 5.14. The molecular weight excluding hydrogens is 318 g/mol.